The number of hydrogen-bond donors (Lipinski definition) is 0. The Morgan fingerprint density at radius 3 is 1.83 bits per heavy atom. The average molecular weight is 274 g/mol. The van der Waals surface area contributed by atoms with Crippen molar-refractivity contribution in [2.24, 2.45) is 0 Å². The molecule has 0 unspecified atom stereocenters. The molecule has 0 bridgehead atoms. The third-order valence-corrected chi connectivity index (χ3v) is 7.56. The molecule has 0 amide bonds. The van der Waals surface area contributed by atoms with E-state index in [2.05, 4.69) is 20.8 Å². The van der Waals surface area contributed by atoms with Crippen LogP contribution in [-0.4, -0.2) is 27.5 Å². The average Bonchev–Trinajstić information content (AvgIpc) is 2.36. The first-order valence-corrected chi connectivity index (χ1v) is 9.30. The van der Waals surface area contributed by atoms with E-state index in [0.29, 0.717) is 19.2 Å². The van der Waals surface area contributed by atoms with E-state index in [-0.39, 0.29) is 0 Å². The SMILES string of the molecule is CCOC(=O)/C=C(/OCC)O[Si](CC)(CC)CC. The topological polar surface area (TPSA) is 44.8 Å². The minimum absolute atomic E-state index is 0.313. The highest BCUT2D eigenvalue weighted by molar-refractivity contribution is 6.73. The second-order valence-electron chi connectivity index (χ2n) is 3.99. The summed E-state index contributed by atoms with van der Waals surface area (Å²) in [6.07, 6.45) is 1.32. The molecule has 0 fully saturated rings. The standard InChI is InChI=1S/C13H26O4Si/c1-6-15-12(14)11-13(16-7-2)17-18(8-3,9-4)10-5/h11H,6-10H2,1-5H3/b13-11-. The van der Waals surface area contributed by atoms with Crippen molar-refractivity contribution in [3.8, 4) is 0 Å². The van der Waals surface area contributed by atoms with Crippen LogP contribution in [0, 0.1) is 0 Å². The molecule has 0 atom stereocenters. The van der Waals surface area contributed by atoms with Crippen LogP contribution in [0.4, 0.5) is 0 Å². The molecule has 0 aliphatic carbocycles. The van der Waals surface area contributed by atoms with Crippen LogP contribution in [-0.2, 0) is 18.7 Å². The van der Waals surface area contributed by atoms with Gasteiger partial charge < -0.3 is 13.9 Å². The number of esters is 1. The maximum Gasteiger partial charge on any atom is 0.337 e. The van der Waals surface area contributed by atoms with Crippen molar-refractivity contribution in [1.82, 2.24) is 0 Å². The van der Waals surface area contributed by atoms with Crippen molar-refractivity contribution in [3.05, 3.63) is 12.0 Å². The maximum atomic E-state index is 11.4. The fourth-order valence-corrected chi connectivity index (χ4v) is 4.18. The van der Waals surface area contributed by atoms with Crippen molar-refractivity contribution in [2.45, 2.75) is 52.8 Å². The molecule has 0 aromatic carbocycles. The zero-order valence-electron chi connectivity index (χ0n) is 12.2. The van der Waals surface area contributed by atoms with Crippen LogP contribution in [0.5, 0.6) is 0 Å². The Kier molecular flexibility index (Phi) is 8.54. The molecule has 0 aromatic rings. The quantitative estimate of drug-likeness (QED) is 0.279. The minimum Gasteiger partial charge on any atom is -0.519 e. The molecule has 0 saturated heterocycles. The van der Waals surface area contributed by atoms with E-state index in [4.69, 9.17) is 13.9 Å². The Morgan fingerprint density at radius 2 is 1.44 bits per heavy atom. The molecule has 106 valence electrons. The fourth-order valence-electron chi connectivity index (χ4n) is 1.70. The smallest absolute Gasteiger partial charge is 0.337 e. The van der Waals surface area contributed by atoms with Gasteiger partial charge in [0.2, 0.25) is 0 Å². The summed E-state index contributed by atoms with van der Waals surface area (Å²) in [5, 5.41) is 0. The van der Waals surface area contributed by atoms with E-state index in [0.717, 1.165) is 18.1 Å². The molecule has 5 heteroatoms. The van der Waals surface area contributed by atoms with Crippen molar-refractivity contribution in [2.75, 3.05) is 13.2 Å². The molecule has 0 saturated carbocycles. The second-order valence-corrected chi connectivity index (χ2v) is 8.69. The molecule has 0 N–H and O–H groups in total. The van der Waals surface area contributed by atoms with Gasteiger partial charge in [-0.25, -0.2) is 4.79 Å². The lowest BCUT2D eigenvalue weighted by molar-refractivity contribution is -0.137. The van der Waals surface area contributed by atoms with Crippen LogP contribution in [0.2, 0.25) is 18.1 Å². The van der Waals surface area contributed by atoms with Crippen LogP contribution >= 0.6 is 0 Å². The predicted octanol–water partition coefficient (Wildman–Crippen LogP) is 3.45. The Hall–Kier alpha value is -0.973. The Labute approximate surface area is 111 Å². The molecular weight excluding hydrogens is 248 g/mol. The molecule has 0 aromatic heterocycles. The Balaban J connectivity index is 4.84. The fraction of sp³-hybridized carbons (Fsp3) is 0.769. The first-order chi connectivity index (χ1) is 8.57. The van der Waals surface area contributed by atoms with Gasteiger partial charge in [-0.2, -0.15) is 0 Å². The monoisotopic (exact) mass is 274 g/mol. The molecule has 0 spiro atoms. The van der Waals surface area contributed by atoms with E-state index >= 15 is 0 Å². The van der Waals surface area contributed by atoms with Crippen LogP contribution in [0.15, 0.2) is 12.0 Å². The number of hydrogen-bond acceptors (Lipinski definition) is 4. The summed E-state index contributed by atoms with van der Waals surface area (Å²) in [6, 6.07) is 3.02. The molecular formula is C13H26O4Si. The minimum atomic E-state index is -1.81. The van der Waals surface area contributed by atoms with Crippen molar-refractivity contribution in [3.63, 3.8) is 0 Å². The molecule has 0 heterocycles. The summed E-state index contributed by atoms with van der Waals surface area (Å²) in [6.45, 7) is 10.9. The van der Waals surface area contributed by atoms with Crippen LogP contribution in [0.25, 0.3) is 0 Å². The largest absolute Gasteiger partial charge is 0.519 e. The van der Waals surface area contributed by atoms with Gasteiger partial charge in [-0.05, 0) is 32.0 Å². The van der Waals surface area contributed by atoms with E-state index in [1.165, 1.54) is 6.08 Å². The summed E-state index contributed by atoms with van der Waals surface area (Å²) < 4.78 is 16.3. The zero-order chi connectivity index (χ0) is 14.0. The van der Waals surface area contributed by atoms with Gasteiger partial charge >= 0.3 is 5.97 Å². The van der Waals surface area contributed by atoms with Gasteiger partial charge in [-0.1, -0.05) is 20.8 Å². The molecule has 0 aliphatic heterocycles. The lowest BCUT2D eigenvalue weighted by Crippen LogP contribution is -2.36. The first-order valence-electron chi connectivity index (χ1n) is 6.77. The second kappa shape index (κ2) is 9.02. The summed E-state index contributed by atoms with van der Waals surface area (Å²) in [5.41, 5.74) is 0. The Morgan fingerprint density at radius 1 is 0.944 bits per heavy atom. The third kappa shape index (κ3) is 5.58. The van der Waals surface area contributed by atoms with E-state index in [1.807, 2.05) is 6.92 Å². The highest BCUT2D eigenvalue weighted by atomic mass is 28.4. The van der Waals surface area contributed by atoms with Gasteiger partial charge in [-0.15, -0.1) is 0 Å². The number of ether oxygens (including phenoxy) is 2. The summed E-state index contributed by atoms with van der Waals surface area (Å²) in [5.74, 6) is -0.0969. The van der Waals surface area contributed by atoms with E-state index in [1.54, 1.807) is 6.92 Å². The highest BCUT2D eigenvalue weighted by Gasteiger charge is 2.32. The third-order valence-electron chi connectivity index (χ3n) is 3.06. The number of carbonyl (C=O) groups excluding carboxylic acids is 1. The summed E-state index contributed by atoms with van der Waals surface area (Å²) in [4.78, 5) is 11.4. The van der Waals surface area contributed by atoms with E-state index in [9.17, 15) is 4.79 Å². The van der Waals surface area contributed by atoms with Crippen molar-refractivity contribution >= 4 is 14.3 Å². The maximum absolute atomic E-state index is 11.4. The molecule has 0 radical (unpaired) electrons. The molecule has 0 aliphatic rings. The molecule has 0 rings (SSSR count). The van der Waals surface area contributed by atoms with Gasteiger partial charge in [0.25, 0.3) is 14.3 Å². The normalized spacial score (nSPS) is 12.2. The van der Waals surface area contributed by atoms with Crippen LogP contribution in [0.3, 0.4) is 0 Å². The lowest BCUT2D eigenvalue weighted by Gasteiger charge is -2.29. The van der Waals surface area contributed by atoms with Crippen LogP contribution in [0.1, 0.15) is 34.6 Å². The summed E-state index contributed by atoms with van der Waals surface area (Å²) in [7, 11) is -1.81. The lowest BCUT2D eigenvalue weighted by atomic mass is 10.6. The highest BCUT2D eigenvalue weighted by Crippen LogP contribution is 2.25. The van der Waals surface area contributed by atoms with Crippen molar-refractivity contribution < 1.29 is 18.7 Å². The Bertz CT molecular complexity index is 264. The van der Waals surface area contributed by atoms with Crippen LogP contribution < -0.4 is 0 Å². The van der Waals surface area contributed by atoms with Gasteiger partial charge in [-0.3, -0.25) is 0 Å². The molecule has 18 heavy (non-hydrogen) atoms. The number of rotatable bonds is 9. The van der Waals surface area contributed by atoms with Gasteiger partial charge in [0, 0.05) is 0 Å². The van der Waals surface area contributed by atoms with E-state index < -0.39 is 14.3 Å². The summed E-state index contributed by atoms with van der Waals surface area (Å²) >= 11 is 0. The van der Waals surface area contributed by atoms with Gasteiger partial charge in [0.05, 0.1) is 13.2 Å². The number of carbonyl (C=O) groups is 1. The van der Waals surface area contributed by atoms with Gasteiger partial charge in [0.15, 0.2) is 0 Å². The van der Waals surface area contributed by atoms with Crippen molar-refractivity contribution in [1.29, 1.82) is 0 Å². The predicted molar refractivity (Wildman–Crippen MR) is 74.6 cm³/mol. The first kappa shape index (κ1) is 17.0. The van der Waals surface area contributed by atoms with Gasteiger partial charge in [0.1, 0.15) is 6.08 Å². The molecule has 4 nitrogen and oxygen atoms in total. The zero-order valence-corrected chi connectivity index (χ0v) is 13.2.